The highest BCUT2D eigenvalue weighted by molar-refractivity contribution is 5.79. The van der Waals surface area contributed by atoms with Crippen LogP contribution >= 0.6 is 0 Å². The molecule has 1 fully saturated rings. The molecule has 2 N–H and O–H groups in total. The van der Waals surface area contributed by atoms with Gasteiger partial charge in [0.05, 0.1) is 13.2 Å². The maximum absolute atomic E-state index is 12.1. The van der Waals surface area contributed by atoms with Crippen molar-refractivity contribution >= 4 is 11.9 Å². The van der Waals surface area contributed by atoms with Crippen molar-refractivity contribution in [1.82, 2.24) is 20.4 Å². The summed E-state index contributed by atoms with van der Waals surface area (Å²) in [7, 11) is 0. The molecule has 2 rings (SSSR count). The minimum Gasteiger partial charge on any atom is -0.367 e. The van der Waals surface area contributed by atoms with Crippen LogP contribution in [0.3, 0.4) is 0 Å². The lowest BCUT2D eigenvalue weighted by molar-refractivity contribution is -0.176. The first-order valence-corrected chi connectivity index (χ1v) is 10.5. The summed E-state index contributed by atoms with van der Waals surface area (Å²) in [4.78, 5) is 20.1. The summed E-state index contributed by atoms with van der Waals surface area (Å²) in [5.74, 6) is 0.837. The molecule has 174 valence electrons. The van der Waals surface area contributed by atoms with Gasteiger partial charge in [-0.1, -0.05) is 24.3 Å². The highest BCUT2D eigenvalue weighted by atomic mass is 19.4. The zero-order valence-electron chi connectivity index (χ0n) is 18.2. The number of carbonyl (C=O) groups excluding carboxylic acids is 1. The summed E-state index contributed by atoms with van der Waals surface area (Å²) >= 11 is 0. The number of halogens is 3. The van der Waals surface area contributed by atoms with Crippen molar-refractivity contribution < 1.29 is 22.7 Å². The van der Waals surface area contributed by atoms with Crippen LogP contribution in [0.15, 0.2) is 29.3 Å². The summed E-state index contributed by atoms with van der Waals surface area (Å²) in [5.41, 5.74) is 1.64. The van der Waals surface area contributed by atoms with E-state index in [9.17, 15) is 18.0 Å². The molecule has 1 aromatic carbocycles. The molecule has 1 heterocycles. The highest BCUT2D eigenvalue weighted by Gasteiger charge is 2.27. The predicted octanol–water partition coefficient (Wildman–Crippen LogP) is 1.98. The Morgan fingerprint density at radius 3 is 2.32 bits per heavy atom. The van der Waals surface area contributed by atoms with Crippen molar-refractivity contribution in [1.29, 1.82) is 0 Å². The van der Waals surface area contributed by atoms with Crippen LogP contribution in [-0.4, -0.2) is 80.3 Å². The number of guanidine groups is 1. The number of alkyl halides is 3. The first kappa shape index (κ1) is 24.9. The molecule has 0 atom stereocenters. The van der Waals surface area contributed by atoms with Gasteiger partial charge in [-0.05, 0) is 18.1 Å². The van der Waals surface area contributed by atoms with E-state index in [1.54, 1.807) is 19.1 Å². The number of nitrogens with zero attached hydrogens (tertiary/aromatic N) is 3. The zero-order chi connectivity index (χ0) is 22.7. The van der Waals surface area contributed by atoms with Crippen LogP contribution in [0, 0.1) is 0 Å². The Labute approximate surface area is 181 Å². The van der Waals surface area contributed by atoms with Crippen LogP contribution in [0.25, 0.3) is 0 Å². The van der Waals surface area contributed by atoms with E-state index in [1.807, 2.05) is 24.0 Å². The molecule has 7 nitrogen and oxygen atoms in total. The molecule has 1 amide bonds. The van der Waals surface area contributed by atoms with Gasteiger partial charge in [0.2, 0.25) is 5.91 Å². The lowest BCUT2D eigenvalue weighted by atomic mass is 10.1. The van der Waals surface area contributed by atoms with E-state index in [2.05, 4.69) is 25.3 Å². The van der Waals surface area contributed by atoms with E-state index in [1.165, 1.54) is 0 Å². The number of nitrogens with one attached hydrogen (secondary N) is 2. The molecular weight excluding hydrogens is 411 g/mol. The smallest absolute Gasteiger partial charge is 0.367 e. The SMILES string of the molecule is CCNC(=NCc1ccc(COCC(F)(F)F)cc1)NCCN1CCN(C(C)=O)CC1. The minimum absolute atomic E-state index is 0.0755. The molecule has 0 radical (unpaired) electrons. The number of amides is 1. The van der Waals surface area contributed by atoms with E-state index in [0.29, 0.717) is 18.1 Å². The quantitative estimate of drug-likeness (QED) is 0.451. The second-order valence-corrected chi connectivity index (χ2v) is 7.39. The predicted molar refractivity (Wildman–Crippen MR) is 114 cm³/mol. The van der Waals surface area contributed by atoms with Gasteiger partial charge < -0.3 is 20.3 Å². The number of ether oxygens (including phenoxy) is 1. The van der Waals surface area contributed by atoms with Crippen molar-refractivity contribution in [3.05, 3.63) is 35.4 Å². The second-order valence-electron chi connectivity index (χ2n) is 7.39. The number of hydrogen-bond donors (Lipinski definition) is 2. The highest BCUT2D eigenvalue weighted by Crippen LogP contribution is 2.16. The summed E-state index contributed by atoms with van der Waals surface area (Å²) in [6.45, 7) is 8.33. The van der Waals surface area contributed by atoms with Gasteiger partial charge in [-0.2, -0.15) is 13.2 Å². The Balaban J connectivity index is 1.74. The number of rotatable bonds is 9. The number of aliphatic imine (C=N–C) groups is 1. The van der Waals surface area contributed by atoms with Crippen LogP contribution in [-0.2, 0) is 22.7 Å². The van der Waals surface area contributed by atoms with Crippen molar-refractivity contribution in [3.63, 3.8) is 0 Å². The minimum atomic E-state index is -4.31. The lowest BCUT2D eigenvalue weighted by Crippen LogP contribution is -2.50. The van der Waals surface area contributed by atoms with E-state index in [4.69, 9.17) is 0 Å². The third-order valence-electron chi connectivity index (χ3n) is 4.86. The van der Waals surface area contributed by atoms with Gasteiger partial charge >= 0.3 is 6.18 Å². The second kappa shape index (κ2) is 12.5. The Morgan fingerprint density at radius 2 is 1.74 bits per heavy atom. The van der Waals surface area contributed by atoms with Crippen LogP contribution in [0.1, 0.15) is 25.0 Å². The number of carbonyl (C=O) groups is 1. The van der Waals surface area contributed by atoms with Crippen LogP contribution in [0.2, 0.25) is 0 Å². The molecule has 0 spiro atoms. The lowest BCUT2D eigenvalue weighted by Gasteiger charge is -2.34. The summed E-state index contributed by atoms with van der Waals surface area (Å²) in [6, 6.07) is 7.19. The normalized spacial score (nSPS) is 15.8. The van der Waals surface area contributed by atoms with Crippen LogP contribution in [0.4, 0.5) is 13.2 Å². The van der Waals surface area contributed by atoms with Gasteiger partial charge in [0.15, 0.2) is 5.96 Å². The molecule has 31 heavy (non-hydrogen) atoms. The summed E-state index contributed by atoms with van der Waals surface area (Å²) in [5, 5.41) is 6.52. The fourth-order valence-corrected chi connectivity index (χ4v) is 3.16. The van der Waals surface area contributed by atoms with Crippen molar-refractivity contribution in [3.8, 4) is 0 Å². The molecule has 1 aliphatic rings. The Hall–Kier alpha value is -2.33. The molecule has 0 aliphatic carbocycles. The van der Waals surface area contributed by atoms with Gasteiger partial charge in [-0.25, -0.2) is 4.99 Å². The molecule has 0 aromatic heterocycles. The average Bonchev–Trinajstić information content (AvgIpc) is 2.72. The van der Waals surface area contributed by atoms with E-state index in [0.717, 1.165) is 51.4 Å². The van der Waals surface area contributed by atoms with Gasteiger partial charge in [0.1, 0.15) is 6.61 Å². The maximum atomic E-state index is 12.1. The standard InChI is InChI=1S/C21H32F3N5O2/c1-3-25-20(26-8-9-28-10-12-29(13-11-28)17(2)30)27-14-18-4-6-19(7-5-18)15-31-16-21(22,23)24/h4-7H,3,8-16H2,1-2H3,(H2,25,26,27). The molecule has 0 bridgehead atoms. The van der Waals surface area contributed by atoms with E-state index < -0.39 is 12.8 Å². The average molecular weight is 444 g/mol. The van der Waals surface area contributed by atoms with E-state index >= 15 is 0 Å². The van der Waals surface area contributed by atoms with Crippen molar-refractivity contribution in [2.24, 2.45) is 4.99 Å². The van der Waals surface area contributed by atoms with Crippen LogP contribution in [0.5, 0.6) is 0 Å². The molecule has 0 saturated carbocycles. The fourth-order valence-electron chi connectivity index (χ4n) is 3.16. The van der Waals surface area contributed by atoms with Gasteiger partial charge in [-0.15, -0.1) is 0 Å². The third kappa shape index (κ3) is 10.0. The number of hydrogen-bond acceptors (Lipinski definition) is 4. The number of piperazine rings is 1. The molecule has 10 heteroatoms. The largest absolute Gasteiger partial charge is 0.411 e. The van der Waals surface area contributed by atoms with Gasteiger partial charge in [-0.3, -0.25) is 9.69 Å². The van der Waals surface area contributed by atoms with Gasteiger partial charge in [0, 0.05) is 52.7 Å². The van der Waals surface area contributed by atoms with Crippen LogP contribution < -0.4 is 10.6 Å². The first-order valence-electron chi connectivity index (χ1n) is 10.5. The third-order valence-corrected chi connectivity index (χ3v) is 4.86. The molecule has 1 saturated heterocycles. The Kier molecular flexibility index (Phi) is 10.1. The van der Waals surface area contributed by atoms with Crippen molar-refractivity contribution in [2.75, 3.05) is 52.4 Å². The fraction of sp³-hybridized carbons (Fsp3) is 0.619. The topological polar surface area (TPSA) is 69.2 Å². The summed E-state index contributed by atoms with van der Waals surface area (Å²) < 4.78 is 41.1. The zero-order valence-corrected chi connectivity index (χ0v) is 18.2. The number of benzene rings is 1. The van der Waals surface area contributed by atoms with Gasteiger partial charge in [0.25, 0.3) is 0 Å². The van der Waals surface area contributed by atoms with E-state index in [-0.39, 0.29) is 12.5 Å². The molecule has 0 unspecified atom stereocenters. The summed E-state index contributed by atoms with van der Waals surface area (Å²) in [6.07, 6.45) is -4.31. The Morgan fingerprint density at radius 1 is 1.10 bits per heavy atom. The molecule has 1 aliphatic heterocycles. The van der Waals surface area contributed by atoms with Crippen molar-refractivity contribution in [2.45, 2.75) is 33.2 Å². The first-order chi connectivity index (χ1) is 14.8. The molecular formula is C21H32F3N5O2. The maximum Gasteiger partial charge on any atom is 0.411 e. The Bertz CT molecular complexity index is 702. The molecule has 1 aromatic rings. The monoisotopic (exact) mass is 443 g/mol.